The first kappa shape index (κ1) is 13.8. The predicted octanol–water partition coefficient (Wildman–Crippen LogP) is 2.61. The summed E-state index contributed by atoms with van der Waals surface area (Å²) in [5.74, 6) is -0.961. The van der Waals surface area contributed by atoms with E-state index in [1.165, 1.54) is 18.2 Å². The van der Waals surface area contributed by atoms with Crippen LogP contribution in [0.2, 0.25) is 0 Å². The number of ether oxygens (including phenoxy) is 2. The molecule has 0 heterocycles. The molecule has 0 aromatic heterocycles. The summed E-state index contributed by atoms with van der Waals surface area (Å²) in [6, 6.07) is 3.94. The topological polar surface area (TPSA) is 61.5 Å². The summed E-state index contributed by atoms with van der Waals surface area (Å²) in [5.41, 5.74) is 5.03. The molecule has 1 aromatic carbocycles. The Morgan fingerprint density at radius 1 is 1.42 bits per heavy atom. The van der Waals surface area contributed by atoms with E-state index in [0.717, 1.165) is 25.7 Å². The van der Waals surface area contributed by atoms with Crippen LogP contribution in [0.1, 0.15) is 43.0 Å². The van der Waals surface area contributed by atoms with E-state index in [1.54, 1.807) is 0 Å². The van der Waals surface area contributed by atoms with E-state index in [0.29, 0.717) is 0 Å². The summed E-state index contributed by atoms with van der Waals surface area (Å²) in [5, 5.41) is 0. The molecule has 1 aliphatic rings. The SMILES string of the molecule is CC1(Oc2cc(C(=O)OCN)ccc2F)CCCC1. The Balaban J connectivity index is 2.19. The number of esters is 1. The van der Waals surface area contributed by atoms with Gasteiger partial charge in [0.1, 0.15) is 12.3 Å². The van der Waals surface area contributed by atoms with Gasteiger partial charge in [-0.15, -0.1) is 0 Å². The molecule has 1 aliphatic carbocycles. The van der Waals surface area contributed by atoms with Gasteiger partial charge in [-0.25, -0.2) is 9.18 Å². The van der Waals surface area contributed by atoms with Gasteiger partial charge in [0.05, 0.1) is 5.56 Å². The van der Waals surface area contributed by atoms with Crippen LogP contribution >= 0.6 is 0 Å². The van der Waals surface area contributed by atoms with Crippen LogP contribution in [-0.2, 0) is 4.74 Å². The summed E-state index contributed by atoms with van der Waals surface area (Å²) in [6.07, 6.45) is 3.94. The Morgan fingerprint density at radius 3 is 2.74 bits per heavy atom. The van der Waals surface area contributed by atoms with Crippen LogP contribution in [0.5, 0.6) is 5.75 Å². The first-order valence-electron chi connectivity index (χ1n) is 6.40. The van der Waals surface area contributed by atoms with Crippen molar-refractivity contribution < 1.29 is 18.7 Å². The molecule has 0 unspecified atom stereocenters. The molecule has 2 N–H and O–H groups in total. The smallest absolute Gasteiger partial charge is 0.339 e. The van der Waals surface area contributed by atoms with Crippen LogP contribution in [0.3, 0.4) is 0 Å². The second-order valence-corrected chi connectivity index (χ2v) is 5.00. The lowest BCUT2D eigenvalue weighted by Gasteiger charge is -2.26. The third-order valence-corrected chi connectivity index (χ3v) is 3.40. The number of halogens is 1. The molecule has 104 valence electrons. The van der Waals surface area contributed by atoms with Crippen LogP contribution in [0.25, 0.3) is 0 Å². The maximum absolute atomic E-state index is 13.7. The van der Waals surface area contributed by atoms with E-state index in [1.807, 2.05) is 6.92 Å². The zero-order valence-electron chi connectivity index (χ0n) is 10.9. The molecule has 1 fully saturated rings. The van der Waals surface area contributed by atoms with Gasteiger partial charge >= 0.3 is 5.97 Å². The average molecular weight is 267 g/mol. The number of hydrogen-bond acceptors (Lipinski definition) is 4. The van der Waals surface area contributed by atoms with Gasteiger partial charge in [-0.05, 0) is 50.8 Å². The number of carbonyl (C=O) groups excluding carboxylic acids is 1. The van der Waals surface area contributed by atoms with E-state index < -0.39 is 11.8 Å². The number of hydrogen-bond donors (Lipinski definition) is 1. The summed E-state index contributed by atoms with van der Waals surface area (Å²) in [7, 11) is 0. The minimum atomic E-state index is -0.580. The maximum Gasteiger partial charge on any atom is 0.339 e. The fourth-order valence-electron chi connectivity index (χ4n) is 2.36. The molecule has 4 nitrogen and oxygen atoms in total. The average Bonchev–Trinajstić information content (AvgIpc) is 2.79. The first-order valence-corrected chi connectivity index (χ1v) is 6.40. The zero-order valence-corrected chi connectivity index (χ0v) is 10.9. The van der Waals surface area contributed by atoms with E-state index in [9.17, 15) is 9.18 Å². The molecular formula is C14H18FNO3. The van der Waals surface area contributed by atoms with Gasteiger partial charge in [0.2, 0.25) is 0 Å². The van der Waals surface area contributed by atoms with Gasteiger partial charge in [-0.3, -0.25) is 5.73 Å². The first-order chi connectivity index (χ1) is 9.04. The minimum Gasteiger partial charge on any atom is -0.484 e. The highest BCUT2D eigenvalue weighted by molar-refractivity contribution is 5.89. The zero-order chi connectivity index (χ0) is 13.9. The van der Waals surface area contributed by atoms with E-state index in [4.69, 9.17) is 10.5 Å². The summed E-state index contributed by atoms with van der Waals surface area (Å²) < 4.78 is 24.2. The molecule has 0 aliphatic heterocycles. The fraction of sp³-hybridized carbons (Fsp3) is 0.500. The van der Waals surface area contributed by atoms with Gasteiger partial charge < -0.3 is 9.47 Å². The number of rotatable bonds is 4. The van der Waals surface area contributed by atoms with E-state index in [2.05, 4.69) is 4.74 Å². The third kappa shape index (κ3) is 3.23. The maximum atomic E-state index is 13.7. The van der Waals surface area contributed by atoms with Crippen molar-refractivity contribution in [3.8, 4) is 5.75 Å². The molecule has 0 bridgehead atoms. The molecule has 1 saturated carbocycles. The van der Waals surface area contributed by atoms with Gasteiger partial charge in [0.15, 0.2) is 11.6 Å². The summed E-state index contributed by atoms with van der Waals surface area (Å²) in [6.45, 7) is 1.76. The Morgan fingerprint density at radius 2 is 2.11 bits per heavy atom. The molecule has 2 rings (SSSR count). The second kappa shape index (κ2) is 5.57. The minimum absolute atomic E-state index is 0.0934. The Kier molecular flexibility index (Phi) is 4.04. The molecular weight excluding hydrogens is 249 g/mol. The van der Waals surface area contributed by atoms with Crippen molar-refractivity contribution in [2.24, 2.45) is 5.73 Å². The number of carbonyl (C=O) groups is 1. The van der Waals surface area contributed by atoms with Gasteiger partial charge in [0, 0.05) is 0 Å². The van der Waals surface area contributed by atoms with E-state index in [-0.39, 0.29) is 23.6 Å². The van der Waals surface area contributed by atoms with Gasteiger partial charge in [0.25, 0.3) is 0 Å². The molecule has 5 heteroatoms. The highest BCUT2D eigenvalue weighted by Gasteiger charge is 2.31. The van der Waals surface area contributed by atoms with Crippen LogP contribution in [0.4, 0.5) is 4.39 Å². The molecule has 0 saturated heterocycles. The van der Waals surface area contributed by atoms with Crippen molar-refractivity contribution >= 4 is 5.97 Å². The lowest BCUT2D eigenvalue weighted by atomic mass is 10.1. The number of nitrogens with two attached hydrogens (primary N) is 1. The van der Waals surface area contributed by atoms with Gasteiger partial charge in [-0.2, -0.15) is 0 Å². The highest BCUT2D eigenvalue weighted by atomic mass is 19.1. The second-order valence-electron chi connectivity index (χ2n) is 5.00. The molecule has 1 aromatic rings. The number of benzene rings is 1. The molecule has 0 spiro atoms. The monoisotopic (exact) mass is 267 g/mol. The Hall–Kier alpha value is -1.62. The third-order valence-electron chi connectivity index (χ3n) is 3.40. The molecule has 0 atom stereocenters. The van der Waals surface area contributed by atoms with Crippen molar-refractivity contribution in [2.45, 2.75) is 38.2 Å². The van der Waals surface area contributed by atoms with Crippen molar-refractivity contribution in [3.05, 3.63) is 29.6 Å². The lowest BCUT2D eigenvalue weighted by Crippen LogP contribution is -2.28. The fourth-order valence-corrected chi connectivity index (χ4v) is 2.36. The van der Waals surface area contributed by atoms with Crippen molar-refractivity contribution in [1.29, 1.82) is 0 Å². The largest absolute Gasteiger partial charge is 0.484 e. The van der Waals surface area contributed by atoms with Crippen molar-refractivity contribution in [1.82, 2.24) is 0 Å². The Labute approximate surface area is 111 Å². The normalized spacial score (nSPS) is 17.2. The van der Waals surface area contributed by atoms with E-state index >= 15 is 0 Å². The molecule has 0 radical (unpaired) electrons. The van der Waals surface area contributed by atoms with Crippen molar-refractivity contribution in [3.63, 3.8) is 0 Å². The highest BCUT2D eigenvalue weighted by Crippen LogP contribution is 2.35. The quantitative estimate of drug-likeness (QED) is 0.673. The lowest BCUT2D eigenvalue weighted by molar-refractivity contribution is 0.0512. The molecule has 0 amide bonds. The summed E-state index contributed by atoms with van der Waals surface area (Å²) >= 11 is 0. The van der Waals surface area contributed by atoms with Crippen LogP contribution in [-0.4, -0.2) is 18.3 Å². The van der Waals surface area contributed by atoms with Crippen LogP contribution in [0, 0.1) is 5.82 Å². The summed E-state index contributed by atoms with van der Waals surface area (Å²) in [4.78, 5) is 11.5. The van der Waals surface area contributed by atoms with Crippen LogP contribution in [0.15, 0.2) is 18.2 Å². The van der Waals surface area contributed by atoms with Crippen molar-refractivity contribution in [2.75, 3.05) is 6.73 Å². The standard InChI is InChI=1S/C14H18FNO3/c1-14(6-2-3-7-14)19-12-8-10(4-5-11(12)15)13(17)18-9-16/h4-5,8H,2-3,6-7,9,16H2,1H3. The Bertz CT molecular complexity index is 470. The van der Waals surface area contributed by atoms with Crippen LogP contribution < -0.4 is 10.5 Å². The van der Waals surface area contributed by atoms with Gasteiger partial charge in [-0.1, -0.05) is 0 Å². The predicted molar refractivity (Wildman–Crippen MR) is 68.4 cm³/mol. The molecule has 19 heavy (non-hydrogen) atoms.